The van der Waals surface area contributed by atoms with Crippen molar-refractivity contribution in [1.29, 1.82) is 5.26 Å². The predicted octanol–water partition coefficient (Wildman–Crippen LogP) is 3.50. The molecule has 1 atom stereocenters. The average Bonchev–Trinajstić information content (AvgIpc) is 2.84. The lowest BCUT2D eigenvalue weighted by Crippen LogP contribution is -2.18. The van der Waals surface area contributed by atoms with Gasteiger partial charge in [-0.25, -0.2) is 0 Å². The molecule has 18 heavy (non-hydrogen) atoms. The molecule has 0 saturated carbocycles. The summed E-state index contributed by atoms with van der Waals surface area (Å²) < 4.78 is 5.33. The van der Waals surface area contributed by atoms with E-state index in [4.69, 9.17) is 9.68 Å². The number of benzene rings is 1. The molecule has 2 aromatic rings. The summed E-state index contributed by atoms with van der Waals surface area (Å²) in [5.41, 5.74) is 2.84. The van der Waals surface area contributed by atoms with Gasteiger partial charge in [-0.05, 0) is 49.7 Å². The molecule has 0 amide bonds. The van der Waals surface area contributed by atoms with Crippen molar-refractivity contribution in [3.63, 3.8) is 0 Å². The molecule has 1 heterocycles. The van der Waals surface area contributed by atoms with Gasteiger partial charge < -0.3 is 9.73 Å². The number of nitrogens with zero attached hydrogens (tertiary/aromatic N) is 1. The predicted molar refractivity (Wildman–Crippen MR) is 71.4 cm³/mol. The minimum atomic E-state index is 0.280. The summed E-state index contributed by atoms with van der Waals surface area (Å²) in [7, 11) is 0. The van der Waals surface area contributed by atoms with Crippen molar-refractivity contribution in [1.82, 2.24) is 0 Å². The monoisotopic (exact) mass is 240 g/mol. The summed E-state index contributed by atoms with van der Waals surface area (Å²) in [5.74, 6) is 0.973. The van der Waals surface area contributed by atoms with Crippen LogP contribution in [-0.4, -0.2) is 6.04 Å². The Morgan fingerprint density at radius 3 is 2.83 bits per heavy atom. The zero-order valence-corrected chi connectivity index (χ0v) is 10.6. The Morgan fingerprint density at radius 1 is 1.39 bits per heavy atom. The van der Waals surface area contributed by atoms with Gasteiger partial charge in [0.25, 0.3) is 0 Å². The number of furan rings is 1. The van der Waals surface area contributed by atoms with Crippen molar-refractivity contribution in [2.45, 2.75) is 26.3 Å². The van der Waals surface area contributed by atoms with E-state index in [-0.39, 0.29) is 6.04 Å². The molecule has 1 N–H and O–H groups in total. The molecule has 1 aromatic heterocycles. The van der Waals surface area contributed by atoms with E-state index < -0.39 is 0 Å². The number of nitrogens with one attached hydrogen (secondary N) is 1. The fourth-order valence-corrected chi connectivity index (χ4v) is 1.94. The summed E-state index contributed by atoms with van der Waals surface area (Å²) in [6.07, 6.45) is 2.53. The van der Waals surface area contributed by atoms with E-state index in [9.17, 15) is 0 Å². The standard InChI is InChI=1S/C15H16N2O/c1-11-8-13(10-16)5-6-15(11)17-12(2)9-14-4-3-7-18-14/h3-8,12,17H,9H2,1-2H3. The van der Waals surface area contributed by atoms with Gasteiger partial charge in [0, 0.05) is 18.2 Å². The molecule has 0 fully saturated rings. The summed E-state index contributed by atoms with van der Waals surface area (Å²) in [4.78, 5) is 0. The van der Waals surface area contributed by atoms with E-state index in [2.05, 4.69) is 18.3 Å². The summed E-state index contributed by atoms with van der Waals surface area (Å²) in [5, 5.41) is 12.3. The Hall–Kier alpha value is -2.21. The zero-order chi connectivity index (χ0) is 13.0. The first kappa shape index (κ1) is 12.3. The van der Waals surface area contributed by atoms with Gasteiger partial charge in [0.05, 0.1) is 17.9 Å². The molecule has 92 valence electrons. The van der Waals surface area contributed by atoms with Crippen LogP contribution >= 0.6 is 0 Å². The van der Waals surface area contributed by atoms with Crippen molar-refractivity contribution < 1.29 is 4.42 Å². The van der Waals surface area contributed by atoms with E-state index in [1.807, 2.05) is 37.3 Å². The van der Waals surface area contributed by atoms with Crippen LogP contribution in [0.5, 0.6) is 0 Å². The van der Waals surface area contributed by atoms with Crippen LogP contribution in [0.2, 0.25) is 0 Å². The van der Waals surface area contributed by atoms with Gasteiger partial charge in [-0.1, -0.05) is 0 Å². The number of nitriles is 1. The number of hydrogen-bond donors (Lipinski definition) is 1. The quantitative estimate of drug-likeness (QED) is 0.889. The van der Waals surface area contributed by atoms with Crippen molar-refractivity contribution >= 4 is 5.69 Å². The van der Waals surface area contributed by atoms with Crippen LogP contribution in [0.1, 0.15) is 23.8 Å². The van der Waals surface area contributed by atoms with E-state index in [1.54, 1.807) is 6.26 Å². The third-order valence-electron chi connectivity index (χ3n) is 2.84. The van der Waals surface area contributed by atoms with Gasteiger partial charge in [-0.3, -0.25) is 0 Å². The molecule has 0 aliphatic rings. The number of rotatable bonds is 4. The number of aryl methyl sites for hydroxylation is 1. The molecule has 3 nitrogen and oxygen atoms in total. The largest absolute Gasteiger partial charge is 0.469 e. The Balaban J connectivity index is 2.03. The average molecular weight is 240 g/mol. The molecule has 0 aliphatic carbocycles. The third kappa shape index (κ3) is 2.92. The van der Waals surface area contributed by atoms with Crippen LogP contribution < -0.4 is 5.32 Å². The van der Waals surface area contributed by atoms with Gasteiger partial charge in [0.15, 0.2) is 0 Å². The van der Waals surface area contributed by atoms with Gasteiger partial charge >= 0.3 is 0 Å². The Bertz CT molecular complexity index is 552. The lowest BCUT2D eigenvalue weighted by atomic mass is 10.1. The van der Waals surface area contributed by atoms with E-state index in [0.717, 1.165) is 23.4 Å². The fourth-order valence-electron chi connectivity index (χ4n) is 1.94. The van der Waals surface area contributed by atoms with E-state index in [0.29, 0.717) is 5.56 Å². The summed E-state index contributed by atoms with van der Waals surface area (Å²) in [6.45, 7) is 4.11. The third-order valence-corrected chi connectivity index (χ3v) is 2.84. The molecule has 0 bridgehead atoms. The maximum atomic E-state index is 8.82. The molecule has 0 spiro atoms. The van der Waals surface area contributed by atoms with Gasteiger partial charge in [-0.2, -0.15) is 5.26 Å². The van der Waals surface area contributed by atoms with Crippen molar-refractivity contribution in [2.24, 2.45) is 0 Å². The second-order valence-corrected chi connectivity index (χ2v) is 4.47. The van der Waals surface area contributed by atoms with Gasteiger partial charge in [0.2, 0.25) is 0 Å². The normalized spacial score (nSPS) is 11.8. The van der Waals surface area contributed by atoms with Crippen LogP contribution in [0.4, 0.5) is 5.69 Å². The molecule has 2 rings (SSSR count). The van der Waals surface area contributed by atoms with Crippen molar-refractivity contribution in [3.8, 4) is 6.07 Å². The summed E-state index contributed by atoms with van der Waals surface area (Å²) >= 11 is 0. The highest BCUT2D eigenvalue weighted by atomic mass is 16.3. The lowest BCUT2D eigenvalue weighted by molar-refractivity contribution is 0.498. The second-order valence-electron chi connectivity index (χ2n) is 4.47. The SMILES string of the molecule is Cc1cc(C#N)ccc1NC(C)Cc1ccco1. The Morgan fingerprint density at radius 2 is 2.22 bits per heavy atom. The molecule has 1 unspecified atom stereocenters. The molecule has 0 saturated heterocycles. The van der Waals surface area contributed by atoms with Gasteiger partial charge in [-0.15, -0.1) is 0 Å². The first-order valence-electron chi connectivity index (χ1n) is 5.98. The molecular formula is C15H16N2O. The minimum absolute atomic E-state index is 0.280. The second kappa shape index (κ2) is 5.42. The van der Waals surface area contributed by atoms with Crippen LogP contribution in [0.3, 0.4) is 0 Å². The van der Waals surface area contributed by atoms with Gasteiger partial charge in [0.1, 0.15) is 5.76 Å². The lowest BCUT2D eigenvalue weighted by Gasteiger charge is -2.16. The fraction of sp³-hybridized carbons (Fsp3) is 0.267. The van der Waals surface area contributed by atoms with Crippen molar-refractivity contribution in [3.05, 3.63) is 53.5 Å². The maximum absolute atomic E-state index is 8.82. The molecule has 0 aliphatic heterocycles. The van der Waals surface area contributed by atoms with Crippen molar-refractivity contribution in [2.75, 3.05) is 5.32 Å². The summed E-state index contributed by atoms with van der Waals surface area (Å²) in [6, 6.07) is 12.0. The maximum Gasteiger partial charge on any atom is 0.105 e. The van der Waals surface area contributed by atoms with Crippen LogP contribution in [-0.2, 0) is 6.42 Å². The van der Waals surface area contributed by atoms with E-state index >= 15 is 0 Å². The first-order chi connectivity index (χ1) is 8.69. The first-order valence-corrected chi connectivity index (χ1v) is 5.98. The highest BCUT2D eigenvalue weighted by Crippen LogP contribution is 2.18. The highest BCUT2D eigenvalue weighted by molar-refractivity contribution is 5.54. The number of hydrogen-bond acceptors (Lipinski definition) is 3. The Labute approximate surface area is 107 Å². The number of anilines is 1. The molecular weight excluding hydrogens is 224 g/mol. The van der Waals surface area contributed by atoms with Crippen LogP contribution in [0.15, 0.2) is 41.0 Å². The topological polar surface area (TPSA) is 49.0 Å². The molecule has 3 heteroatoms. The molecule has 0 radical (unpaired) electrons. The zero-order valence-electron chi connectivity index (χ0n) is 10.6. The highest BCUT2D eigenvalue weighted by Gasteiger charge is 2.07. The minimum Gasteiger partial charge on any atom is -0.469 e. The van der Waals surface area contributed by atoms with Crippen LogP contribution in [0, 0.1) is 18.3 Å². The van der Waals surface area contributed by atoms with E-state index in [1.165, 1.54) is 0 Å². The molecule has 1 aromatic carbocycles. The Kier molecular flexibility index (Phi) is 3.69. The van der Waals surface area contributed by atoms with Crippen LogP contribution in [0.25, 0.3) is 0 Å². The smallest absolute Gasteiger partial charge is 0.105 e.